The monoisotopic (exact) mass is 486 g/mol. The standard InChI is InChI=1S/C24H23FN2O6S/c1-17-5-11-20(12-6-17)34(30,31)27(16-23(28)32-2)15-13-22-21(4-3-14-26-22)24(29)33-19-9-7-18(25)8-10-19/h3-12,14H,13,15-16H2,1-2H3. The van der Waals surface area contributed by atoms with Crippen LogP contribution in [0.25, 0.3) is 0 Å². The van der Waals surface area contributed by atoms with E-state index in [9.17, 15) is 22.4 Å². The van der Waals surface area contributed by atoms with E-state index in [1.807, 2.05) is 6.92 Å². The van der Waals surface area contributed by atoms with Crippen molar-refractivity contribution in [3.63, 3.8) is 0 Å². The largest absolute Gasteiger partial charge is 0.468 e. The van der Waals surface area contributed by atoms with Crippen LogP contribution < -0.4 is 4.74 Å². The summed E-state index contributed by atoms with van der Waals surface area (Å²) in [6, 6.07) is 14.2. The van der Waals surface area contributed by atoms with E-state index in [4.69, 9.17) is 4.74 Å². The highest BCUT2D eigenvalue weighted by Gasteiger charge is 2.27. The van der Waals surface area contributed by atoms with Gasteiger partial charge in [-0.25, -0.2) is 17.6 Å². The summed E-state index contributed by atoms with van der Waals surface area (Å²) >= 11 is 0. The molecule has 0 radical (unpaired) electrons. The van der Waals surface area contributed by atoms with Crippen LogP contribution in [0.1, 0.15) is 21.6 Å². The minimum Gasteiger partial charge on any atom is -0.468 e. The van der Waals surface area contributed by atoms with Gasteiger partial charge in [-0.1, -0.05) is 17.7 Å². The molecule has 8 nitrogen and oxygen atoms in total. The molecular weight excluding hydrogens is 463 g/mol. The van der Waals surface area contributed by atoms with Gasteiger partial charge in [0.2, 0.25) is 10.0 Å². The molecule has 2 aromatic carbocycles. The SMILES string of the molecule is COC(=O)CN(CCc1ncccc1C(=O)Oc1ccc(F)cc1)S(=O)(=O)c1ccc(C)cc1. The van der Waals surface area contributed by atoms with Gasteiger partial charge in [0.05, 0.1) is 23.3 Å². The van der Waals surface area contributed by atoms with Crippen molar-refractivity contribution in [1.29, 1.82) is 0 Å². The van der Waals surface area contributed by atoms with E-state index in [2.05, 4.69) is 9.72 Å². The Hall–Kier alpha value is -3.63. The number of carbonyl (C=O) groups excluding carboxylic acids is 2. The number of carbonyl (C=O) groups is 2. The zero-order valence-corrected chi connectivity index (χ0v) is 19.4. The molecule has 0 saturated carbocycles. The Kier molecular flexibility index (Phi) is 8.08. The highest BCUT2D eigenvalue weighted by Crippen LogP contribution is 2.19. The number of methoxy groups -OCH3 is 1. The van der Waals surface area contributed by atoms with Crippen molar-refractivity contribution in [2.24, 2.45) is 0 Å². The van der Waals surface area contributed by atoms with Gasteiger partial charge in [0.15, 0.2) is 0 Å². The maximum atomic E-state index is 13.2. The van der Waals surface area contributed by atoms with Gasteiger partial charge in [-0.2, -0.15) is 4.31 Å². The first-order valence-electron chi connectivity index (χ1n) is 10.3. The predicted octanol–water partition coefficient (Wildman–Crippen LogP) is 3.15. The Morgan fingerprint density at radius 3 is 2.35 bits per heavy atom. The van der Waals surface area contributed by atoms with Crippen LogP contribution in [0.5, 0.6) is 5.75 Å². The lowest BCUT2D eigenvalue weighted by molar-refractivity contribution is -0.140. The molecule has 0 spiro atoms. The highest BCUT2D eigenvalue weighted by molar-refractivity contribution is 7.89. The molecule has 0 N–H and O–H groups in total. The Morgan fingerprint density at radius 1 is 1.03 bits per heavy atom. The summed E-state index contributed by atoms with van der Waals surface area (Å²) in [5.41, 5.74) is 1.29. The van der Waals surface area contributed by atoms with Crippen LogP contribution >= 0.6 is 0 Å². The second kappa shape index (κ2) is 11.0. The van der Waals surface area contributed by atoms with E-state index in [0.29, 0.717) is 0 Å². The van der Waals surface area contributed by atoms with Crippen LogP contribution in [0.15, 0.2) is 71.8 Å². The second-order valence-corrected chi connectivity index (χ2v) is 9.26. The van der Waals surface area contributed by atoms with Gasteiger partial charge in [-0.3, -0.25) is 9.78 Å². The molecule has 34 heavy (non-hydrogen) atoms. The van der Waals surface area contributed by atoms with Crippen LogP contribution in [-0.4, -0.2) is 49.8 Å². The molecule has 178 valence electrons. The molecule has 0 aliphatic rings. The Bertz CT molecular complexity index is 1260. The van der Waals surface area contributed by atoms with Crippen LogP contribution in [0.2, 0.25) is 0 Å². The number of esters is 2. The molecule has 0 saturated heterocycles. The van der Waals surface area contributed by atoms with Crippen LogP contribution in [0.3, 0.4) is 0 Å². The van der Waals surface area contributed by atoms with Gasteiger partial charge in [-0.15, -0.1) is 0 Å². The van der Waals surface area contributed by atoms with E-state index in [1.165, 1.54) is 43.6 Å². The molecule has 1 heterocycles. The van der Waals surface area contributed by atoms with Crippen molar-refractivity contribution in [2.75, 3.05) is 20.2 Å². The number of nitrogens with zero attached hydrogens (tertiary/aromatic N) is 2. The Morgan fingerprint density at radius 2 is 1.71 bits per heavy atom. The first kappa shape index (κ1) is 25.0. The summed E-state index contributed by atoms with van der Waals surface area (Å²) in [5, 5.41) is 0. The van der Waals surface area contributed by atoms with Gasteiger partial charge in [0.1, 0.15) is 18.1 Å². The average Bonchev–Trinajstić information content (AvgIpc) is 2.83. The molecule has 0 fully saturated rings. The lowest BCUT2D eigenvalue weighted by Gasteiger charge is -2.21. The number of aromatic nitrogens is 1. The molecule has 10 heteroatoms. The molecular formula is C24H23FN2O6S. The normalized spacial score (nSPS) is 11.3. The van der Waals surface area contributed by atoms with Crippen molar-refractivity contribution in [3.05, 3.63) is 89.5 Å². The van der Waals surface area contributed by atoms with Crippen molar-refractivity contribution < 1.29 is 31.9 Å². The molecule has 0 unspecified atom stereocenters. The van der Waals surface area contributed by atoms with Crippen LogP contribution in [0, 0.1) is 12.7 Å². The zero-order chi connectivity index (χ0) is 24.7. The van der Waals surface area contributed by atoms with Gasteiger partial charge in [0.25, 0.3) is 0 Å². The number of benzene rings is 2. The van der Waals surface area contributed by atoms with E-state index >= 15 is 0 Å². The van der Waals surface area contributed by atoms with Crippen molar-refractivity contribution in [2.45, 2.75) is 18.2 Å². The number of halogens is 1. The summed E-state index contributed by atoms with van der Waals surface area (Å²) in [7, 11) is -2.86. The molecule has 0 bridgehead atoms. The molecule has 0 amide bonds. The Labute approximate surface area is 197 Å². The fourth-order valence-electron chi connectivity index (χ4n) is 3.07. The topological polar surface area (TPSA) is 103 Å². The van der Waals surface area contributed by atoms with Crippen molar-refractivity contribution in [3.8, 4) is 5.75 Å². The number of sulfonamides is 1. The van der Waals surface area contributed by atoms with E-state index < -0.39 is 34.3 Å². The summed E-state index contributed by atoms with van der Waals surface area (Å²) in [4.78, 5) is 28.8. The Balaban J connectivity index is 1.82. The summed E-state index contributed by atoms with van der Waals surface area (Å²) in [5.74, 6) is -1.78. The second-order valence-electron chi connectivity index (χ2n) is 7.32. The molecule has 3 rings (SSSR count). The molecule has 0 aliphatic heterocycles. The van der Waals surface area contributed by atoms with Crippen molar-refractivity contribution >= 4 is 22.0 Å². The van der Waals surface area contributed by atoms with Crippen molar-refractivity contribution in [1.82, 2.24) is 9.29 Å². The highest BCUT2D eigenvalue weighted by atomic mass is 32.2. The van der Waals surface area contributed by atoms with E-state index in [1.54, 1.807) is 18.2 Å². The number of rotatable bonds is 9. The first-order chi connectivity index (χ1) is 16.2. The third kappa shape index (κ3) is 6.24. The lowest BCUT2D eigenvalue weighted by Crippen LogP contribution is -2.38. The third-order valence-electron chi connectivity index (χ3n) is 4.92. The number of hydrogen-bond acceptors (Lipinski definition) is 7. The number of pyridine rings is 1. The lowest BCUT2D eigenvalue weighted by atomic mass is 10.1. The van der Waals surface area contributed by atoms with Gasteiger partial charge in [-0.05, 0) is 55.5 Å². The van der Waals surface area contributed by atoms with Crippen LogP contribution in [-0.2, 0) is 26.0 Å². The summed E-state index contributed by atoms with van der Waals surface area (Å²) < 4.78 is 50.4. The quantitative estimate of drug-likeness (QED) is 0.338. The number of hydrogen-bond donors (Lipinski definition) is 0. The molecule has 0 atom stereocenters. The summed E-state index contributed by atoms with van der Waals surface area (Å²) in [6.07, 6.45) is 1.49. The fraction of sp³-hybridized carbons (Fsp3) is 0.208. The maximum absolute atomic E-state index is 13.2. The molecule has 3 aromatic rings. The molecule has 1 aromatic heterocycles. The fourth-order valence-corrected chi connectivity index (χ4v) is 4.46. The minimum absolute atomic E-state index is 0.0246. The van der Waals surface area contributed by atoms with Crippen LogP contribution in [0.4, 0.5) is 4.39 Å². The first-order valence-corrected chi connectivity index (χ1v) is 11.7. The maximum Gasteiger partial charge on any atom is 0.345 e. The van der Waals surface area contributed by atoms with Gasteiger partial charge < -0.3 is 9.47 Å². The van der Waals surface area contributed by atoms with E-state index in [-0.39, 0.29) is 34.9 Å². The average molecular weight is 487 g/mol. The number of aryl methyl sites for hydroxylation is 1. The third-order valence-corrected chi connectivity index (χ3v) is 6.78. The summed E-state index contributed by atoms with van der Waals surface area (Å²) in [6.45, 7) is 1.18. The van der Waals surface area contributed by atoms with Gasteiger partial charge >= 0.3 is 11.9 Å². The number of ether oxygens (including phenoxy) is 2. The van der Waals surface area contributed by atoms with E-state index in [0.717, 1.165) is 22.0 Å². The van der Waals surface area contributed by atoms with Gasteiger partial charge in [0, 0.05) is 19.2 Å². The minimum atomic E-state index is -4.03. The zero-order valence-electron chi connectivity index (χ0n) is 18.6. The molecule has 0 aliphatic carbocycles. The predicted molar refractivity (Wildman–Crippen MR) is 121 cm³/mol. The smallest absolute Gasteiger partial charge is 0.345 e.